The van der Waals surface area contributed by atoms with Crippen molar-refractivity contribution in [2.45, 2.75) is 10.4 Å². The van der Waals surface area contributed by atoms with E-state index in [2.05, 4.69) is 15.9 Å². The summed E-state index contributed by atoms with van der Waals surface area (Å²) in [5, 5.41) is 0.689. The molecule has 0 radical (unpaired) electrons. The molecule has 0 saturated carbocycles. The highest BCUT2D eigenvalue weighted by atomic mass is 79.9. The van der Waals surface area contributed by atoms with Gasteiger partial charge in [0.15, 0.2) is 5.75 Å². The van der Waals surface area contributed by atoms with Gasteiger partial charge in [-0.15, -0.1) is 0 Å². The second-order valence-electron chi connectivity index (χ2n) is 2.80. The fourth-order valence-corrected chi connectivity index (χ4v) is 2.52. The largest absolute Gasteiger partial charge is 0.490 e. The maximum absolute atomic E-state index is 12.1. The first-order valence-electron chi connectivity index (χ1n) is 4.27. The lowest BCUT2D eigenvalue weighted by molar-refractivity contribution is -0.0328. The number of thioether (sulfide) groups is 1. The highest BCUT2D eigenvalue weighted by Gasteiger charge is 2.30. The molecule has 0 N–H and O–H groups in total. The van der Waals surface area contributed by atoms with Crippen LogP contribution in [-0.4, -0.2) is 17.4 Å². The highest BCUT2D eigenvalue weighted by Crippen LogP contribution is 2.42. The van der Waals surface area contributed by atoms with Crippen molar-refractivity contribution in [2.75, 3.05) is 11.9 Å². The zero-order valence-electron chi connectivity index (χ0n) is 8.15. The van der Waals surface area contributed by atoms with Crippen LogP contribution in [0.2, 0.25) is 10.0 Å². The van der Waals surface area contributed by atoms with E-state index in [1.165, 1.54) is 12.1 Å². The second kappa shape index (κ2) is 6.41. The third-order valence-corrected chi connectivity index (χ3v) is 3.12. The molecule has 0 unspecified atom stereocenters. The van der Waals surface area contributed by atoms with Gasteiger partial charge in [0.25, 0.3) is 0 Å². The van der Waals surface area contributed by atoms with E-state index < -0.39 is 5.51 Å². The van der Waals surface area contributed by atoms with Gasteiger partial charge in [-0.1, -0.05) is 39.1 Å². The van der Waals surface area contributed by atoms with E-state index >= 15 is 0 Å². The molecule has 17 heavy (non-hydrogen) atoms. The van der Waals surface area contributed by atoms with Gasteiger partial charge in [-0.25, -0.2) is 0 Å². The van der Waals surface area contributed by atoms with Crippen LogP contribution in [-0.2, 0) is 0 Å². The molecule has 0 atom stereocenters. The van der Waals surface area contributed by atoms with Crippen LogP contribution in [0.4, 0.5) is 13.2 Å². The van der Waals surface area contributed by atoms with Gasteiger partial charge in [-0.2, -0.15) is 13.2 Å². The number of hydrogen-bond acceptors (Lipinski definition) is 2. The first-order chi connectivity index (χ1) is 7.83. The lowest BCUT2D eigenvalue weighted by Crippen LogP contribution is -2.01. The van der Waals surface area contributed by atoms with Gasteiger partial charge in [0.2, 0.25) is 0 Å². The molecule has 0 fully saturated rings. The Labute approximate surface area is 119 Å². The average molecular weight is 370 g/mol. The standard InChI is InChI=1S/C9H6BrCl2F3OS/c10-1-2-16-8-6(11)3-5(4-7(8)12)17-9(13,14)15/h3-4H,1-2H2. The molecule has 0 aromatic heterocycles. The minimum absolute atomic E-state index is 0.0604. The molecule has 0 spiro atoms. The Balaban J connectivity index is 2.93. The van der Waals surface area contributed by atoms with E-state index in [0.717, 1.165) is 0 Å². The van der Waals surface area contributed by atoms with Gasteiger partial charge in [-0.05, 0) is 23.9 Å². The van der Waals surface area contributed by atoms with E-state index in [0.29, 0.717) is 11.9 Å². The maximum Gasteiger partial charge on any atom is 0.446 e. The fourth-order valence-electron chi connectivity index (χ4n) is 1.01. The van der Waals surface area contributed by atoms with Crippen molar-refractivity contribution in [3.63, 3.8) is 0 Å². The molecule has 0 saturated heterocycles. The Morgan fingerprint density at radius 1 is 1.24 bits per heavy atom. The fraction of sp³-hybridized carbons (Fsp3) is 0.333. The number of rotatable bonds is 4. The van der Waals surface area contributed by atoms with Crippen molar-refractivity contribution in [2.24, 2.45) is 0 Å². The summed E-state index contributed by atoms with van der Waals surface area (Å²) in [7, 11) is 0. The summed E-state index contributed by atoms with van der Waals surface area (Å²) < 4.78 is 41.6. The van der Waals surface area contributed by atoms with Gasteiger partial charge >= 0.3 is 5.51 Å². The van der Waals surface area contributed by atoms with Crippen LogP contribution in [0, 0.1) is 0 Å². The van der Waals surface area contributed by atoms with E-state index in [4.69, 9.17) is 27.9 Å². The van der Waals surface area contributed by atoms with E-state index in [1.54, 1.807) is 0 Å². The molecule has 0 amide bonds. The van der Waals surface area contributed by atoms with Gasteiger partial charge in [0.05, 0.1) is 16.7 Å². The van der Waals surface area contributed by atoms with Crippen molar-refractivity contribution in [3.8, 4) is 5.75 Å². The molecule has 1 rings (SSSR count). The first kappa shape index (κ1) is 15.3. The topological polar surface area (TPSA) is 9.23 Å². The van der Waals surface area contributed by atoms with Crippen LogP contribution in [0.5, 0.6) is 5.75 Å². The number of benzene rings is 1. The summed E-state index contributed by atoms with van der Waals surface area (Å²) in [6, 6.07) is 2.35. The Hall–Kier alpha value is 0.220. The molecule has 8 heteroatoms. The molecule has 1 nitrogen and oxygen atoms in total. The highest BCUT2D eigenvalue weighted by molar-refractivity contribution is 9.09. The Bertz CT molecular complexity index is 377. The Morgan fingerprint density at radius 3 is 2.18 bits per heavy atom. The monoisotopic (exact) mass is 368 g/mol. The molecule has 96 valence electrons. The molecule has 0 heterocycles. The van der Waals surface area contributed by atoms with Crippen molar-refractivity contribution in [1.29, 1.82) is 0 Å². The zero-order chi connectivity index (χ0) is 13.1. The summed E-state index contributed by atoms with van der Waals surface area (Å²) in [6.07, 6.45) is 0. The smallest absolute Gasteiger partial charge is 0.446 e. The number of alkyl halides is 4. The van der Waals surface area contributed by atoms with E-state index in [9.17, 15) is 13.2 Å². The van der Waals surface area contributed by atoms with Crippen molar-refractivity contribution >= 4 is 50.9 Å². The lowest BCUT2D eigenvalue weighted by Gasteiger charge is -2.11. The molecule has 0 bridgehead atoms. The normalized spacial score (nSPS) is 11.6. The third kappa shape index (κ3) is 5.16. The summed E-state index contributed by atoms with van der Waals surface area (Å²) in [4.78, 5) is -0.0707. The van der Waals surface area contributed by atoms with Crippen LogP contribution < -0.4 is 4.74 Å². The van der Waals surface area contributed by atoms with Crippen LogP contribution in [0.3, 0.4) is 0 Å². The molecular weight excluding hydrogens is 364 g/mol. The molecule has 0 aliphatic rings. The van der Waals surface area contributed by atoms with Gasteiger partial charge in [-0.3, -0.25) is 0 Å². The van der Waals surface area contributed by atoms with Crippen LogP contribution in [0.25, 0.3) is 0 Å². The Kier molecular flexibility index (Phi) is 5.76. The summed E-state index contributed by atoms with van der Waals surface area (Å²) in [5.41, 5.74) is -4.37. The summed E-state index contributed by atoms with van der Waals surface area (Å²) in [5.74, 6) is 0.194. The van der Waals surface area contributed by atoms with Crippen molar-refractivity contribution in [1.82, 2.24) is 0 Å². The molecule has 1 aromatic carbocycles. The van der Waals surface area contributed by atoms with Crippen molar-refractivity contribution in [3.05, 3.63) is 22.2 Å². The molecule has 1 aromatic rings. The number of hydrogen-bond donors (Lipinski definition) is 0. The van der Waals surface area contributed by atoms with E-state index in [1.807, 2.05) is 0 Å². The van der Waals surface area contributed by atoms with Crippen LogP contribution in [0.1, 0.15) is 0 Å². The molecule has 0 aliphatic heterocycles. The van der Waals surface area contributed by atoms with Crippen molar-refractivity contribution < 1.29 is 17.9 Å². The predicted octanol–water partition coefficient (Wildman–Crippen LogP) is 5.38. The molecular formula is C9H6BrCl2F3OS. The maximum atomic E-state index is 12.1. The van der Waals surface area contributed by atoms with Crippen LogP contribution in [0.15, 0.2) is 17.0 Å². The van der Waals surface area contributed by atoms with Gasteiger partial charge in [0.1, 0.15) is 0 Å². The minimum atomic E-state index is -4.37. The first-order valence-corrected chi connectivity index (χ1v) is 6.96. The van der Waals surface area contributed by atoms with Crippen LogP contribution >= 0.6 is 50.9 Å². The average Bonchev–Trinajstić information content (AvgIpc) is 2.13. The number of ether oxygens (including phenoxy) is 1. The third-order valence-electron chi connectivity index (χ3n) is 1.53. The predicted molar refractivity (Wildman–Crippen MR) is 67.7 cm³/mol. The summed E-state index contributed by atoms with van der Waals surface area (Å²) >= 11 is 14.5. The minimum Gasteiger partial charge on any atom is -0.490 e. The molecule has 0 aliphatic carbocycles. The summed E-state index contributed by atoms with van der Waals surface area (Å²) in [6.45, 7) is 0.325. The van der Waals surface area contributed by atoms with Gasteiger partial charge < -0.3 is 4.74 Å². The second-order valence-corrected chi connectivity index (χ2v) is 5.55. The van der Waals surface area contributed by atoms with Gasteiger partial charge in [0, 0.05) is 10.2 Å². The SMILES string of the molecule is FC(F)(F)Sc1cc(Cl)c(OCCBr)c(Cl)c1. The number of halogens is 6. The van der Waals surface area contributed by atoms with E-state index in [-0.39, 0.29) is 32.5 Å². The lowest BCUT2D eigenvalue weighted by atomic mass is 10.3. The Morgan fingerprint density at radius 2 is 1.76 bits per heavy atom. The quantitative estimate of drug-likeness (QED) is 0.520. The zero-order valence-corrected chi connectivity index (χ0v) is 12.1.